The van der Waals surface area contributed by atoms with Crippen LogP contribution in [0.2, 0.25) is 0 Å². The van der Waals surface area contributed by atoms with Gasteiger partial charge in [0.05, 0.1) is 0 Å². The smallest absolute Gasteiger partial charge is 0.225 e. The van der Waals surface area contributed by atoms with Crippen LogP contribution in [0.1, 0.15) is 95.0 Å². The molecule has 1 aliphatic rings. The van der Waals surface area contributed by atoms with Gasteiger partial charge in [0, 0.05) is 36.6 Å². The van der Waals surface area contributed by atoms with Crippen LogP contribution in [0.3, 0.4) is 0 Å². The molecule has 7 nitrogen and oxygen atoms in total. The minimum Gasteiger partial charge on any atom is -0.361 e. The molecular formula is C28H39N5O2. The lowest BCUT2D eigenvalue weighted by molar-refractivity contribution is -0.116. The van der Waals surface area contributed by atoms with E-state index in [0.717, 1.165) is 60.0 Å². The van der Waals surface area contributed by atoms with Gasteiger partial charge in [0.25, 0.3) is 0 Å². The minimum absolute atomic E-state index is 0.00315. The van der Waals surface area contributed by atoms with Crippen LogP contribution >= 0.6 is 0 Å². The van der Waals surface area contributed by atoms with Gasteiger partial charge in [-0.05, 0) is 56.1 Å². The Morgan fingerprint density at radius 1 is 1.17 bits per heavy atom. The second-order valence-corrected chi connectivity index (χ2v) is 11.8. The van der Waals surface area contributed by atoms with Crippen molar-refractivity contribution < 1.29 is 9.32 Å². The molecule has 188 valence electrons. The molecule has 0 radical (unpaired) electrons. The third-order valence-electron chi connectivity index (χ3n) is 6.34. The van der Waals surface area contributed by atoms with Crippen molar-refractivity contribution in [3.05, 3.63) is 47.0 Å². The number of benzene rings is 1. The van der Waals surface area contributed by atoms with E-state index in [1.807, 2.05) is 25.1 Å². The van der Waals surface area contributed by atoms with Crippen LogP contribution in [-0.2, 0) is 11.2 Å². The number of amides is 1. The molecule has 1 amide bonds. The average molecular weight is 478 g/mol. The predicted molar refractivity (Wildman–Crippen MR) is 138 cm³/mol. The Labute approximate surface area is 208 Å². The number of aryl methyl sites for hydroxylation is 2. The fraction of sp³-hybridized carbons (Fsp3) is 0.571. The number of carbonyl (C=O) groups is 1. The number of hydrogen-bond donors (Lipinski definition) is 1. The topological polar surface area (TPSA) is 85.8 Å². The third-order valence-corrected chi connectivity index (χ3v) is 6.34. The van der Waals surface area contributed by atoms with Crippen molar-refractivity contribution in [2.75, 3.05) is 5.32 Å². The Balaban J connectivity index is 1.60. The van der Waals surface area contributed by atoms with Crippen molar-refractivity contribution in [1.82, 2.24) is 19.9 Å². The standard InChI is InChI=1S/C28H39N5O2/c1-17(2)12-20(14-25(34)29-23-11-8-18(3)13-19(23)4)26-30-31-27(33(26)21-9-10-21)24-15-22(35-32-24)16-28(5,6)7/h8,11,13,15,17,20-21H,9-10,12,14,16H2,1-7H3,(H,29,34)/t20-/m0/s1. The van der Waals surface area contributed by atoms with Crippen molar-refractivity contribution in [2.45, 2.75) is 92.5 Å². The maximum absolute atomic E-state index is 13.1. The third kappa shape index (κ3) is 6.38. The first-order valence-corrected chi connectivity index (χ1v) is 12.8. The van der Waals surface area contributed by atoms with E-state index in [0.29, 0.717) is 18.4 Å². The number of rotatable bonds is 9. The zero-order valence-electron chi connectivity index (χ0n) is 22.2. The molecule has 0 unspecified atom stereocenters. The summed E-state index contributed by atoms with van der Waals surface area (Å²) in [4.78, 5) is 13.1. The van der Waals surface area contributed by atoms with Crippen LogP contribution in [0.25, 0.3) is 11.5 Å². The summed E-state index contributed by atoms with van der Waals surface area (Å²) in [6, 6.07) is 8.43. The molecule has 0 bridgehead atoms. The molecule has 1 saturated carbocycles. The summed E-state index contributed by atoms with van der Waals surface area (Å²) < 4.78 is 7.86. The normalized spacial score (nSPS) is 15.0. The molecule has 1 fully saturated rings. The predicted octanol–water partition coefficient (Wildman–Crippen LogP) is 6.63. The highest BCUT2D eigenvalue weighted by atomic mass is 16.5. The monoisotopic (exact) mass is 477 g/mol. The highest BCUT2D eigenvalue weighted by Gasteiger charge is 2.34. The maximum Gasteiger partial charge on any atom is 0.225 e. The summed E-state index contributed by atoms with van der Waals surface area (Å²) in [5.41, 5.74) is 3.94. The summed E-state index contributed by atoms with van der Waals surface area (Å²) >= 11 is 0. The number of nitrogens with zero attached hydrogens (tertiary/aromatic N) is 4. The fourth-order valence-electron chi connectivity index (χ4n) is 4.70. The molecule has 0 saturated heterocycles. The molecular weight excluding hydrogens is 438 g/mol. The van der Waals surface area contributed by atoms with Crippen molar-refractivity contribution in [1.29, 1.82) is 0 Å². The second kappa shape index (κ2) is 9.96. The molecule has 1 N–H and O–H groups in total. The molecule has 1 atom stereocenters. The van der Waals surface area contributed by atoms with E-state index in [4.69, 9.17) is 4.52 Å². The van der Waals surface area contributed by atoms with Crippen LogP contribution in [0.4, 0.5) is 5.69 Å². The first kappa shape index (κ1) is 25.1. The van der Waals surface area contributed by atoms with Gasteiger partial charge in [0.1, 0.15) is 11.6 Å². The molecule has 2 aromatic heterocycles. The van der Waals surface area contributed by atoms with E-state index in [-0.39, 0.29) is 17.2 Å². The average Bonchev–Trinajstić information content (AvgIpc) is 3.31. The summed E-state index contributed by atoms with van der Waals surface area (Å²) in [7, 11) is 0. The molecule has 0 spiro atoms. The number of hydrogen-bond acceptors (Lipinski definition) is 5. The van der Waals surface area contributed by atoms with Crippen molar-refractivity contribution >= 4 is 11.6 Å². The summed E-state index contributed by atoms with van der Waals surface area (Å²) in [6.07, 6.45) is 4.21. The van der Waals surface area contributed by atoms with Crippen LogP contribution in [0, 0.1) is 25.2 Å². The Kier molecular flexibility index (Phi) is 7.15. The van der Waals surface area contributed by atoms with Crippen LogP contribution in [0.5, 0.6) is 0 Å². The maximum atomic E-state index is 13.1. The highest BCUT2D eigenvalue weighted by Crippen LogP contribution is 2.42. The lowest BCUT2D eigenvalue weighted by atomic mass is 9.91. The largest absolute Gasteiger partial charge is 0.361 e. The van der Waals surface area contributed by atoms with E-state index in [2.05, 4.69) is 72.8 Å². The number of anilines is 1. The lowest BCUT2D eigenvalue weighted by Crippen LogP contribution is -2.20. The van der Waals surface area contributed by atoms with E-state index in [1.54, 1.807) is 0 Å². The number of carbonyl (C=O) groups excluding carboxylic acids is 1. The van der Waals surface area contributed by atoms with E-state index < -0.39 is 0 Å². The Morgan fingerprint density at radius 2 is 1.91 bits per heavy atom. The number of aromatic nitrogens is 4. The molecule has 3 aromatic rings. The van der Waals surface area contributed by atoms with E-state index in [9.17, 15) is 4.79 Å². The molecule has 1 aromatic carbocycles. The van der Waals surface area contributed by atoms with Gasteiger partial charge >= 0.3 is 0 Å². The van der Waals surface area contributed by atoms with Crippen LogP contribution in [-0.4, -0.2) is 25.8 Å². The summed E-state index contributed by atoms with van der Waals surface area (Å²) in [6.45, 7) is 15.0. The van der Waals surface area contributed by atoms with Crippen LogP contribution < -0.4 is 5.32 Å². The summed E-state index contributed by atoms with van der Waals surface area (Å²) in [5, 5.41) is 16.6. The van der Waals surface area contributed by atoms with Gasteiger partial charge in [0.2, 0.25) is 5.91 Å². The highest BCUT2D eigenvalue weighted by molar-refractivity contribution is 5.92. The van der Waals surface area contributed by atoms with Gasteiger partial charge < -0.3 is 14.4 Å². The molecule has 7 heteroatoms. The van der Waals surface area contributed by atoms with Crippen molar-refractivity contribution in [2.24, 2.45) is 11.3 Å². The molecule has 2 heterocycles. The Morgan fingerprint density at radius 3 is 2.54 bits per heavy atom. The van der Waals surface area contributed by atoms with Crippen molar-refractivity contribution in [3.8, 4) is 11.5 Å². The van der Waals surface area contributed by atoms with E-state index >= 15 is 0 Å². The zero-order valence-corrected chi connectivity index (χ0v) is 22.2. The Hall–Kier alpha value is -2.96. The first-order chi connectivity index (χ1) is 16.5. The first-order valence-electron chi connectivity index (χ1n) is 12.8. The number of nitrogens with one attached hydrogen (secondary N) is 1. The van der Waals surface area contributed by atoms with Crippen LogP contribution in [0.15, 0.2) is 28.8 Å². The minimum atomic E-state index is -0.0245. The molecule has 0 aliphatic heterocycles. The van der Waals surface area contributed by atoms with Gasteiger partial charge in [-0.15, -0.1) is 10.2 Å². The molecule has 1 aliphatic carbocycles. The van der Waals surface area contributed by atoms with Gasteiger partial charge in [0.15, 0.2) is 11.5 Å². The summed E-state index contributed by atoms with van der Waals surface area (Å²) in [5.74, 6) is 2.88. The fourth-order valence-corrected chi connectivity index (χ4v) is 4.70. The molecule has 4 rings (SSSR count). The molecule has 35 heavy (non-hydrogen) atoms. The second-order valence-electron chi connectivity index (χ2n) is 11.8. The van der Waals surface area contributed by atoms with Gasteiger partial charge in [-0.2, -0.15) is 0 Å². The van der Waals surface area contributed by atoms with E-state index in [1.165, 1.54) is 5.56 Å². The zero-order chi connectivity index (χ0) is 25.3. The van der Waals surface area contributed by atoms with Gasteiger partial charge in [-0.3, -0.25) is 4.79 Å². The lowest BCUT2D eigenvalue weighted by Gasteiger charge is -2.20. The van der Waals surface area contributed by atoms with Gasteiger partial charge in [-0.25, -0.2) is 0 Å². The Bertz CT molecular complexity index is 1180. The SMILES string of the molecule is Cc1ccc(NC(=O)C[C@H](CC(C)C)c2nnc(-c3cc(CC(C)(C)C)on3)n2C2CC2)c(C)c1. The van der Waals surface area contributed by atoms with Crippen molar-refractivity contribution in [3.63, 3.8) is 0 Å². The van der Waals surface area contributed by atoms with Gasteiger partial charge in [-0.1, -0.05) is 57.5 Å². The quantitative estimate of drug-likeness (QED) is 0.374.